The van der Waals surface area contributed by atoms with Gasteiger partial charge in [-0.2, -0.15) is 10.2 Å². The zero-order valence-electron chi connectivity index (χ0n) is 5.45. The van der Waals surface area contributed by atoms with Crippen LogP contribution in [0.1, 0.15) is 12.0 Å². The first-order chi connectivity index (χ1) is 4.93. The normalized spacial score (nSPS) is 9.20. The van der Waals surface area contributed by atoms with Crippen LogP contribution in [0.4, 0.5) is 0 Å². The molecule has 0 atom stereocenters. The van der Waals surface area contributed by atoms with Crippen LogP contribution in [0.3, 0.4) is 0 Å². The Balaban J connectivity index is 2.50. The van der Waals surface area contributed by atoms with Crippen LogP contribution in [0.2, 0.25) is 0 Å². The van der Waals surface area contributed by atoms with Gasteiger partial charge < -0.3 is 0 Å². The summed E-state index contributed by atoms with van der Waals surface area (Å²) < 4.78 is 0. The van der Waals surface area contributed by atoms with Crippen LogP contribution >= 0.6 is 0 Å². The fourth-order valence-corrected chi connectivity index (χ4v) is 0.661. The fourth-order valence-electron chi connectivity index (χ4n) is 0.661. The van der Waals surface area contributed by atoms with Gasteiger partial charge in [0.25, 0.3) is 0 Å². The molecule has 0 unspecified atom stereocenters. The second kappa shape index (κ2) is 3.71. The van der Waals surface area contributed by atoms with Crippen molar-refractivity contribution >= 4 is 6.29 Å². The second-order valence-electron chi connectivity index (χ2n) is 1.90. The minimum Gasteiger partial charge on any atom is -0.291 e. The second-order valence-corrected chi connectivity index (χ2v) is 1.90. The summed E-state index contributed by atoms with van der Waals surface area (Å²) in [6, 6.07) is 1.84. The molecule has 0 aromatic carbocycles. The van der Waals surface area contributed by atoms with E-state index in [9.17, 15) is 4.79 Å². The van der Waals surface area contributed by atoms with E-state index in [0.717, 1.165) is 5.56 Å². The summed E-state index contributed by atoms with van der Waals surface area (Å²) >= 11 is 0. The number of rotatable bonds is 3. The first kappa shape index (κ1) is 6.86. The van der Waals surface area contributed by atoms with Gasteiger partial charge in [-0.25, -0.2) is 0 Å². The standard InChI is InChI=1S/C7H7N2O/c10-5-1-2-7-3-4-8-9-6-7/h3-4,6H,1-2H2. The number of nitrogens with zero attached hydrogens (tertiary/aromatic N) is 2. The largest absolute Gasteiger partial charge is 0.291 e. The van der Waals surface area contributed by atoms with Crippen molar-refractivity contribution in [3.63, 3.8) is 0 Å². The molecule has 3 heteroatoms. The molecular formula is C7H7N2O. The molecule has 0 amide bonds. The van der Waals surface area contributed by atoms with Crippen LogP contribution in [0, 0.1) is 0 Å². The molecule has 3 nitrogen and oxygen atoms in total. The van der Waals surface area contributed by atoms with Gasteiger partial charge in [-0.05, 0) is 18.1 Å². The predicted octanol–water partition coefficient (Wildman–Crippen LogP) is 0.519. The Morgan fingerprint density at radius 1 is 1.50 bits per heavy atom. The third-order valence-electron chi connectivity index (χ3n) is 1.16. The van der Waals surface area contributed by atoms with Gasteiger partial charge in [0, 0.05) is 12.6 Å². The van der Waals surface area contributed by atoms with Gasteiger partial charge in [0.05, 0.1) is 6.20 Å². The van der Waals surface area contributed by atoms with Crippen molar-refractivity contribution in [2.45, 2.75) is 12.8 Å². The van der Waals surface area contributed by atoms with Gasteiger partial charge in [0.15, 0.2) is 6.29 Å². The van der Waals surface area contributed by atoms with Crippen LogP contribution < -0.4 is 0 Å². The lowest BCUT2D eigenvalue weighted by atomic mass is 10.2. The first-order valence-corrected chi connectivity index (χ1v) is 3.04. The molecule has 1 radical (unpaired) electrons. The number of hydrogen-bond acceptors (Lipinski definition) is 3. The lowest BCUT2D eigenvalue weighted by Gasteiger charge is -1.91. The summed E-state index contributed by atoms with van der Waals surface area (Å²) in [5.74, 6) is 0. The Bertz CT molecular complexity index is 198. The van der Waals surface area contributed by atoms with Gasteiger partial charge in [0.1, 0.15) is 0 Å². The van der Waals surface area contributed by atoms with Crippen molar-refractivity contribution in [1.29, 1.82) is 0 Å². The van der Waals surface area contributed by atoms with E-state index in [0.29, 0.717) is 12.8 Å². The van der Waals surface area contributed by atoms with Crippen molar-refractivity contribution in [1.82, 2.24) is 10.2 Å². The highest BCUT2D eigenvalue weighted by atomic mass is 16.1. The minimum absolute atomic E-state index is 0.436. The zero-order chi connectivity index (χ0) is 7.23. The molecule has 0 bridgehead atoms. The zero-order valence-corrected chi connectivity index (χ0v) is 5.45. The van der Waals surface area contributed by atoms with E-state index in [1.807, 2.05) is 12.4 Å². The van der Waals surface area contributed by atoms with Gasteiger partial charge in [-0.1, -0.05) is 0 Å². The maximum absolute atomic E-state index is 9.82. The van der Waals surface area contributed by atoms with Crippen LogP contribution in [-0.2, 0) is 11.2 Å². The molecule has 1 heterocycles. The summed E-state index contributed by atoms with van der Waals surface area (Å²) in [5, 5.41) is 7.26. The lowest BCUT2D eigenvalue weighted by Crippen LogP contribution is -1.87. The lowest BCUT2D eigenvalue weighted by molar-refractivity contribution is 0.551. The molecule has 0 aliphatic rings. The fraction of sp³-hybridized carbons (Fsp3) is 0.286. The van der Waals surface area contributed by atoms with E-state index >= 15 is 0 Å². The molecule has 1 aromatic heterocycles. The van der Waals surface area contributed by atoms with Crippen molar-refractivity contribution in [2.75, 3.05) is 0 Å². The van der Waals surface area contributed by atoms with E-state index < -0.39 is 0 Å². The summed E-state index contributed by atoms with van der Waals surface area (Å²) in [6.07, 6.45) is 6.22. The number of carbonyl (C=O) groups excluding carboxylic acids is 1. The molecule has 0 aliphatic heterocycles. The Morgan fingerprint density at radius 3 is 3.00 bits per heavy atom. The van der Waals surface area contributed by atoms with E-state index in [1.165, 1.54) is 0 Å². The van der Waals surface area contributed by atoms with Crippen molar-refractivity contribution in [3.05, 3.63) is 24.0 Å². The Labute approximate surface area is 59.1 Å². The van der Waals surface area contributed by atoms with Gasteiger partial charge in [0.2, 0.25) is 0 Å². The number of aromatic nitrogens is 2. The third-order valence-corrected chi connectivity index (χ3v) is 1.16. The van der Waals surface area contributed by atoms with Crippen molar-refractivity contribution in [2.24, 2.45) is 0 Å². The van der Waals surface area contributed by atoms with E-state index in [-0.39, 0.29) is 0 Å². The average Bonchev–Trinajstić information content (AvgIpc) is 2.03. The molecule has 51 valence electrons. The van der Waals surface area contributed by atoms with Crippen molar-refractivity contribution < 1.29 is 4.79 Å². The summed E-state index contributed by atoms with van der Waals surface area (Å²) in [6.45, 7) is 0. The maximum Gasteiger partial charge on any atom is 0.198 e. The molecule has 0 spiro atoms. The highest BCUT2D eigenvalue weighted by Gasteiger charge is 1.89. The van der Waals surface area contributed by atoms with E-state index in [4.69, 9.17) is 0 Å². The number of hydrogen-bond donors (Lipinski definition) is 0. The number of aryl methyl sites for hydroxylation is 1. The minimum atomic E-state index is 0.436. The molecule has 0 fully saturated rings. The molecular weight excluding hydrogens is 128 g/mol. The molecule has 0 saturated carbocycles. The monoisotopic (exact) mass is 135 g/mol. The van der Waals surface area contributed by atoms with Crippen LogP contribution in [0.15, 0.2) is 18.5 Å². The Morgan fingerprint density at radius 2 is 2.40 bits per heavy atom. The smallest absolute Gasteiger partial charge is 0.198 e. The molecule has 0 N–H and O–H groups in total. The van der Waals surface area contributed by atoms with Crippen LogP contribution in [0.25, 0.3) is 0 Å². The first-order valence-electron chi connectivity index (χ1n) is 3.04. The van der Waals surface area contributed by atoms with Gasteiger partial charge >= 0.3 is 0 Å². The van der Waals surface area contributed by atoms with Crippen molar-refractivity contribution in [3.8, 4) is 0 Å². The maximum atomic E-state index is 9.82. The topological polar surface area (TPSA) is 42.9 Å². The highest BCUT2D eigenvalue weighted by molar-refractivity contribution is 5.50. The van der Waals surface area contributed by atoms with Gasteiger partial charge in [-0.3, -0.25) is 4.79 Å². The van der Waals surface area contributed by atoms with Gasteiger partial charge in [-0.15, -0.1) is 0 Å². The molecule has 1 rings (SSSR count). The Kier molecular flexibility index (Phi) is 2.55. The summed E-state index contributed by atoms with van der Waals surface area (Å²) in [5.41, 5.74) is 1.03. The molecule has 10 heavy (non-hydrogen) atoms. The summed E-state index contributed by atoms with van der Waals surface area (Å²) in [7, 11) is 0. The molecule has 0 aliphatic carbocycles. The molecule has 0 saturated heterocycles. The Hall–Kier alpha value is -1.25. The van der Waals surface area contributed by atoms with E-state index in [2.05, 4.69) is 10.2 Å². The SMILES string of the molecule is O=[C]CCc1ccnnc1. The average molecular weight is 135 g/mol. The van der Waals surface area contributed by atoms with E-state index in [1.54, 1.807) is 12.4 Å². The summed E-state index contributed by atoms with van der Waals surface area (Å²) in [4.78, 5) is 9.82. The van der Waals surface area contributed by atoms with Crippen LogP contribution in [-0.4, -0.2) is 16.5 Å². The predicted molar refractivity (Wildman–Crippen MR) is 36.0 cm³/mol. The quantitative estimate of drug-likeness (QED) is 0.606. The van der Waals surface area contributed by atoms with Crippen LogP contribution in [0.5, 0.6) is 0 Å². The highest BCUT2D eigenvalue weighted by Crippen LogP contribution is 1.96. The molecule has 1 aromatic rings. The third kappa shape index (κ3) is 1.93.